The lowest BCUT2D eigenvalue weighted by atomic mass is 9.82. The maximum Gasteiger partial charge on any atom is 0.241 e. The van der Waals surface area contributed by atoms with E-state index in [2.05, 4.69) is 26.1 Å². The first-order valence-electron chi connectivity index (χ1n) is 7.20. The van der Waals surface area contributed by atoms with E-state index in [1.165, 1.54) is 0 Å². The van der Waals surface area contributed by atoms with Gasteiger partial charge in [0.2, 0.25) is 5.91 Å². The zero-order chi connectivity index (χ0) is 13.2. The Morgan fingerprint density at radius 2 is 2.11 bits per heavy atom. The second kappa shape index (κ2) is 5.57. The van der Waals surface area contributed by atoms with Crippen LogP contribution in [-0.2, 0) is 9.53 Å². The van der Waals surface area contributed by atoms with Crippen molar-refractivity contribution < 1.29 is 9.53 Å². The van der Waals surface area contributed by atoms with Crippen LogP contribution < -0.4 is 5.32 Å². The molecule has 0 radical (unpaired) electrons. The predicted molar refractivity (Wildman–Crippen MR) is 71.2 cm³/mol. The van der Waals surface area contributed by atoms with E-state index in [1.807, 2.05) is 4.90 Å². The smallest absolute Gasteiger partial charge is 0.241 e. The molecule has 0 aliphatic carbocycles. The molecule has 2 fully saturated rings. The van der Waals surface area contributed by atoms with E-state index < -0.39 is 0 Å². The normalized spacial score (nSPS) is 31.9. The molecule has 4 heteroatoms. The fourth-order valence-corrected chi connectivity index (χ4v) is 2.99. The van der Waals surface area contributed by atoms with Crippen molar-refractivity contribution in [3.63, 3.8) is 0 Å². The monoisotopic (exact) mass is 254 g/mol. The highest BCUT2D eigenvalue weighted by atomic mass is 16.5. The second-order valence-corrected chi connectivity index (χ2v) is 6.07. The van der Waals surface area contributed by atoms with E-state index in [0.29, 0.717) is 0 Å². The van der Waals surface area contributed by atoms with Crippen LogP contribution in [0, 0.1) is 5.41 Å². The molecule has 18 heavy (non-hydrogen) atoms. The highest BCUT2D eigenvalue weighted by Crippen LogP contribution is 2.32. The van der Waals surface area contributed by atoms with Crippen LogP contribution in [0.3, 0.4) is 0 Å². The molecular formula is C14H26N2O2. The molecule has 2 unspecified atom stereocenters. The summed E-state index contributed by atoms with van der Waals surface area (Å²) in [6.07, 6.45) is 4.28. The molecule has 104 valence electrons. The zero-order valence-electron chi connectivity index (χ0n) is 11.9. The van der Waals surface area contributed by atoms with Crippen LogP contribution in [0.4, 0.5) is 0 Å². The summed E-state index contributed by atoms with van der Waals surface area (Å²) < 4.78 is 5.42. The Morgan fingerprint density at radius 1 is 1.44 bits per heavy atom. The van der Waals surface area contributed by atoms with Crippen molar-refractivity contribution in [2.45, 2.75) is 58.7 Å². The minimum absolute atomic E-state index is 0.0356. The van der Waals surface area contributed by atoms with E-state index in [4.69, 9.17) is 4.74 Å². The molecule has 2 aliphatic heterocycles. The van der Waals surface area contributed by atoms with Crippen molar-refractivity contribution in [1.82, 2.24) is 10.2 Å². The van der Waals surface area contributed by atoms with Crippen molar-refractivity contribution in [3.8, 4) is 0 Å². The van der Waals surface area contributed by atoms with Gasteiger partial charge in [0, 0.05) is 19.8 Å². The van der Waals surface area contributed by atoms with Gasteiger partial charge >= 0.3 is 0 Å². The zero-order valence-corrected chi connectivity index (χ0v) is 11.9. The Hall–Kier alpha value is -0.610. The summed E-state index contributed by atoms with van der Waals surface area (Å²) in [6, 6.07) is 0.0356. The molecule has 4 nitrogen and oxygen atoms in total. The van der Waals surface area contributed by atoms with Gasteiger partial charge in [-0.2, -0.15) is 0 Å². The first-order chi connectivity index (χ1) is 8.56. The van der Waals surface area contributed by atoms with Crippen LogP contribution in [0.2, 0.25) is 0 Å². The van der Waals surface area contributed by atoms with Gasteiger partial charge in [-0.3, -0.25) is 10.1 Å². The molecule has 2 saturated heterocycles. The van der Waals surface area contributed by atoms with E-state index in [1.54, 1.807) is 0 Å². The Bertz CT molecular complexity index is 300. The molecule has 0 spiro atoms. The lowest BCUT2D eigenvalue weighted by molar-refractivity contribution is -0.132. The van der Waals surface area contributed by atoms with E-state index in [-0.39, 0.29) is 23.5 Å². The van der Waals surface area contributed by atoms with Crippen LogP contribution in [0.5, 0.6) is 0 Å². The second-order valence-electron chi connectivity index (χ2n) is 6.07. The molecule has 0 aromatic rings. The number of amides is 1. The fourth-order valence-electron chi connectivity index (χ4n) is 2.99. The third-order valence-electron chi connectivity index (χ3n) is 4.32. The van der Waals surface area contributed by atoms with Crippen molar-refractivity contribution in [3.05, 3.63) is 0 Å². The number of carbonyl (C=O) groups is 1. The molecule has 1 N–H and O–H groups in total. The molecule has 2 aliphatic rings. The topological polar surface area (TPSA) is 41.6 Å². The molecule has 2 rings (SSSR count). The van der Waals surface area contributed by atoms with Crippen LogP contribution in [0.25, 0.3) is 0 Å². The summed E-state index contributed by atoms with van der Waals surface area (Å²) in [5, 5.41) is 3.41. The maximum atomic E-state index is 12.4. The number of carbonyl (C=O) groups excluding carboxylic acids is 1. The third kappa shape index (κ3) is 2.86. The van der Waals surface area contributed by atoms with Gasteiger partial charge in [-0.1, -0.05) is 20.3 Å². The van der Waals surface area contributed by atoms with Crippen molar-refractivity contribution in [2.24, 2.45) is 5.41 Å². The molecule has 2 atom stereocenters. The van der Waals surface area contributed by atoms with Crippen molar-refractivity contribution in [1.29, 1.82) is 0 Å². The fraction of sp³-hybridized carbons (Fsp3) is 0.929. The summed E-state index contributed by atoms with van der Waals surface area (Å²) in [6.45, 7) is 9.03. The largest absolute Gasteiger partial charge is 0.381 e. The van der Waals surface area contributed by atoms with Crippen LogP contribution in [0.1, 0.15) is 46.5 Å². The number of hydrogen-bond acceptors (Lipinski definition) is 3. The molecule has 0 bridgehead atoms. The SMILES string of the molecule is CCCC1NC(C)N(CC2(C)CCOCC2)C1=O. The Morgan fingerprint density at radius 3 is 2.72 bits per heavy atom. The highest BCUT2D eigenvalue weighted by molar-refractivity contribution is 5.84. The summed E-state index contributed by atoms with van der Waals surface area (Å²) >= 11 is 0. The Kier molecular flexibility index (Phi) is 4.28. The van der Waals surface area contributed by atoms with Gasteiger partial charge in [-0.25, -0.2) is 0 Å². The van der Waals surface area contributed by atoms with Crippen LogP contribution >= 0.6 is 0 Å². The average Bonchev–Trinajstić information content (AvgIpc) is 2.58. The van der Waals surface area contributed by atoms with Gasteiger partial charge in [0.1, 0.15) is 0 Å². The van der Waals surface area contributed by atoms with Gasteiger partial charge in [-0.15, -0.1) is 0 Å². The first kappa shape index (κ1) is 13.8. The lowest BCUT2D eigenvalue weighted by Gasteiger charge is -2.38. The molecule has 0 aromatic heterocycles. The van der Waals surface area contributed by atoms with Crippen molar-refractivity contribution >= 4 is 5.91 Å². The van der Waals surface area contributed by atoms with Crippen LogP contribution in [0.15, 0.2) is 0 Å². The molecule has 0 saturated carbocycles. The number of nitrogens with zero attached hydrogens (tertiary/aromatic N) is 1. The summed E-state index contributed by atoms with van der Waals surface area (Å²) in [7, 11) is 0. The van der Waals surface area contributed by atoms with Gasteiger partial charge in [0.15, 0.2) is 0 Å². The van der Waals surface area contributed by atoms with Gasteiger partial charge in [0.25, 0.3) is 0 Å². The Balaban J connectivity index is 1.98. The number of nitrogens with one attached hydrogen (secondary N) is 1. The third-order valence-corrected chi connectivity index (χ3v) is 4.32. The molecule has 0 aromatic carbocycles. The van der Waals surface area contributed by atoms with Gasteiger partial charge in [0.05, 0.1) is 12.2 Å². The van der Waals surface area contributed by atoms with E-state index >= 15 is 0 Å². The number of hydrogen-bond donors (Lipinski definition) is 1. The van der Waals surface area contributed by atoms with Gasteiger partial charge < -0.3 is 9.64 Å². The van der Waals surface area contributed by atoms with E-state index in [0.717, 1.165) is 45.4 Å². The molecule has 2 heterocycles. The molecular weight excluding hydrogens is 228 g/mol. The van der Waals surface area contributed by atoms with Gasteiger partial charge in [-0.05, 0) is 31.6 Å². The summed E-state index contributed by atoms with van der Waals surface area (Å²) in [5.74, 6) is 0.289. The van der Waals surface area contributed by atoms with Crippen molar-refractivity contribution in [2.75, 3.05) is 19.8 Å². The standard InChI is InChI=1S/C14H26N2O2/c1-4-5-12-13(17)16(11(2)15-12)10-14(3)6-8-18-9-7-14/h11-12,15H,4-10H2,1-3H3. The lowest BCUT2D eigenvalue weighted by Crippen LogP contribution is -2.44. The highest BCUT2D eigenvalue weighted by Gasteiger charge is 2.40. The maximum absolute atomic E-state index is 12.4. The minimum atomic E-state index is 0.0356. The van der Waals surface area contributed by atoms with E-state index in [9.17, 15) is 4.79 Å². The Labute approximate surface area is 110 Å². The number of ether oxygens (including phenoxy) is 1. The number of rotatable bonds is 4. The molecule has 1 amide bonds. The summed E-state index contributed by atoms with van der Waals surface area (Å²) in [5.41, 5.74) is 0.227. The minimum Gasteiger partial charge on any atom is -0.381 e. The summed E-state index contributed by atoms with van der Waals surface area (Å²) in [4.78, 5) is 14.4. The first-order valence-corrected chi connectivity index (χ1v) is 7.20. The average molecular weight is 254 g/mol. The van der Waals surface area contributed by atoms with Crippen LogP contribution in [-0.4, -0.2) is 42.8 Å². The quantitative estimate of drug-likeness (QED) is 0.831. The predicted octanol–water partition coefficient (Wildman–Crippen LogP) is 1.75.